The van der Waals surface area contributed by atoms with E-state index in [4.69, 9.17) is 10.2 Å². The molecule has 0 bridgehead atoms. The van der Waals surface area contributed by atoms with Gasteiger partial charge in [-0.2, -0.15) is 13.2 Å². The third-order valence-corrected chi connectivity index (χ3v) is 2.96. The molecule has 0 fully saturated rings. The lowest BCUT2D eigenvalue weighted by Crippen LogP contribution is -2.21. The summed E-state index contributed by atoms with van der Waals surface area (Å²) in [5, 5.41) is 17.4. The highest BCUT2D eigenvalue weighted by Gasteiger charge is 2.29. The molecular formula is C10H9F3O3S. The summed E-state index contributed by atoms with van der Waals surface area (Å²) < 4.78 is 36.6. The lowest BCUT2D eigenvalue weighted by molar-refractivity contribution is -0.145. The number of carbonyl (C=O) groups is 1. The van der Waals surface area contributed by atoms with Gasteiger partial charge in [-0.05, 0) is 24.3 Å². The fourth-order valence-electron chi connectivity index (χ4n) is 0.987. The van der Waals surface area contributed by atoms with Gasteiger partial charge >= 0.3 is 12.1 Å². The molecule has 0 aliphatic rings. The van der Waals surface area contributed by atoms with Crippen LogP contribution >= 0.6 is 11.8 Å². The number of rotatable bonds is 4. The van der Waals surface area contributed by atoms with E-state index in [2.05, 4.69) is 0 Å². The second-order valence-corrected chi connectivity index (χ2v) is 4.28. The maximum absolute atomic E-state index is 12.2. The molecule has 1 atom stereocenters. The highest BCUT2D eigenvalue weighted by molar-refractivity contribution is 7.99. The fourth-order valence-corrected chi connectivity index (χ4v) is 1.81. The van der Waals surface area contributed by atoms with Crippen molar-refractivity contribution in [2.24, 2.45) is 0 Å². The zero-order valence-electron chi connectivity index (χ0n) is 8.44. The van der Waals surface area contributed by atoms with Crippen molar-refractivity contribution in [3.8, 4) is 0 Å². The van der Waals surface area contributed by atoms with E-state index in [1.165, 1.54) is 12.1 Å². The maximum atomic E-state index is 12.2. The van der Waals surface area contributed by atoms with E-state index in [0.29, 0.717) is 4.90 Å². The lowest BCUT2D eigenvalue weighted by Gasteiger charge is -2.08. The Morgan fingerprint density at radius 3 is 2.24 bits per heavy atom. The number of aliphatic hydroxyl groups excluding tert-OH is 1. The minimum absolute atomic E-state index is 0.110. The van der Waals surface area contributed by atoms with Crippen LogP contribution in [-0.2, 0) is 11.0 Å². The van der Waals surface area contributed by atoms with Crippen molar-refractivity contribution in [1.82, 2.24) is 0 Å². The van der Waals surface area contributed by atoms with Gasteiger partial charge in [0, 0.05) is 10.6 Å². The molecule has 0 heterocycles. The topological polar surface area (TPSA) is 57.5 Å². The average Bonchev–Trinajstić information content (AvgIpc) is 2.25. The van der Waals surface area contributed by atoms with Crippen molar-refractivity contribution in [1.29, 1.82) is 0 Å². The third-order valence-electron chi connectivity index (χ3n) is 1.87. The van der Waals surface area contributed by atoms with Gasteiger partial charge in [0.1, 0.15) is 0 Å². The number of aliphatic carboxylic acids is 1. The van der Waals surface area contributed by atoms with Crippen LogP contribution < -0.4 is 0 Å². The summed E-state index contributed by atoms with van der Waals surface area (Å²) in [4.78, 5) is 10.8. The molecule has 3 nitrogen and oxygen atoms in total. The highest BCUT2D eigenvalue weighted by atomic mass is 32.2. The number of alkyl halides is 3. The van der Waals surface area contributed by atoms with Crippen molar-refractivity contribution in [2.75, 3.05) is 5.75 Å². The molecule has 1 rings (SSSR count). The van der Waals surface area contributed by atoms with Gasteiger partial charge in [0.05, 0.1) is 5.56 Å². The Morgan fingerprint density at radius 1 is 1.29 bits per heavy atom. The first-order valence-corrected chi connectivity index (χ1v) is 5.50. The second-order valence-electron chi connectivity index (χ2n) is 3.19. The van der Waals surface area contributed by atoms with Crippen LogP contribution in [0.3, 0.4) is 0 Å². The van der Waals surface area contributed by atoms with Crippen LogP contribution in [0.25, 0.3) is 0 Å². The van der Waals surface area contributed by atoms with Gasteiger partial charge in [0.25, 0.3) is 0 Å². The molecule has 1 aromatic carbocycles. The van der Waals surface area contributed by atoms with Crippen LogP contribution in [0.2, 0.25) is 0 Å². The summed E-state index contributed by atoms with van der Waals surface area (Å²) in [5.41, 5.74) is -0.763. The summed E-state index contributed by atoms with van der Waals surface area (Å²) in [5.74, 6) is -1.47. The van der Waals surface area contributed by atoms with E-state index in [9.17, 15) is 18.0 Å². The Bertz CT molecular complexity index is 389. The number of hydrogen-bond donors (Lipinski definition) is 2. The van der Waals surface area contributed by atoms with Crippen LogP contribution in [0.1, 0.15) is 5.56 Å². The van der Waals surface area contributed by atoms with Crippen molar-refractivity contribution in [2.45, 2.75) is 17.2 Å². The predicted molar refractivity (Wildman–Crippen MR) is 55.8 cm³/mol. The standard InChI is InChI=1S/C10H9F3O3S/c11-10(12,13)6-1-3-7(4-2-6)17-5-8(14)9(15)16/h1-4,8,14H,5H2,(H,15,16). The summed E-state index contributed by atoms with van der Waals surface area (Å²) in [6.45, 7) is 0. The van der Waals surface area contributed by atoms with Crippen LogP contribution in [0, 0.1) is 0 Å². The number of hydrogen-bond acceptors (Lipinski definition) is 3. The smallest absolute Gasteiger partial charge is 0.416 e. The lowest BCUT2D eigenvalue weighted by atomic mass is 10.2. The molecule has 0 spiro atoms. The van der Waals surface area contributed by atoms with Crippen molar-refractivity contribution < 1.29 is 28.2 Å². The first-order chi connectivity index (χ1) is 7.80. The number of carboxylic acids is 1. The molecule has 0 aliphatic carbocycles. The molecule has 2 N–H and O–H groups in total. The van der Waals surface area contributed by atoms with E-state index >= 15 is 0 Å². The number of halogens is 3. The van der Waals surface area contributed by atoms with Gasteiger partial charge in [-0.25, -0.2) is 4.79 Å². The Morgan fingerprint density at radius 2 is 1.82 bits per heavy atom. The molecule has 94 valence electrons. The molecule has 17 heavy (non-hydrogen) atoms. The average molecular weight is 266 g/mol. The quantitative estimate of drug-likeness (QED) is 0.821. The fraction of sp³-hybridized carbons (Fsp3) is 0.300. The van der Waals surface area contributed by atoms with Gasteiger partial charge in [-0.1, -0.05) is 0 Å². The van der Waals surface area contributed by atoms with E-state index in [0.717, 1.165) is 23.9 Å². The highest BCUT2D eigenvalue weighted by Crippen LogP contribution is 2.30. The molecule has 7 heteroatoms. The molecule has 0 aromatic heterocycles. The zero-order chi connectivity index (χ0) is 13.1. The third kappa shape index (κ3) is 4.27. The number of aliphatic hydroxyl groups is 1. The minimum atomic E-state index is -4.39. The van der Waals surface area contributed by atoms with Crippen molar-refractivity contribution in [3.63, 3.8) is 0 Å². The maximum Gasteiger partial charge on any atom is 0.416 e. The monoisotopic (exact) mass is 266 g/mol. The molecule has 0 amide bonds. The largest absolute Gasteiger partial charge is 0.479 e. The second kappa shape index (κ2) is 5.42. The van der Waals surface area contributed by atoms with Crippen LogP contribution in [0.5, 0.6) is 0 Å². The predicted octanol–water partition coefficient (Wildman–Crippen LogP) is 2.24. The molecule has 0 radical (unpaired) electrons. The van der Waals surface area contributed by atoms with Gasteiger partial charge in [-0.3, -0.25) is 0 Å². The summed E-state index contributed by atoms with van der Waals surface area (Å²) in [6.07, 6.45) is -5.91. The van der Waals surface area contributed by atoms with Crippen LogP contribution in [0.15, 0.2) is 29.2 Å². The summed E-state index contributed by atoms with van der Waals surface area (Å²) in [6, 6.07) is 4.30. The van der Waals surface area contributed by atoms with E-state index in [1.807, 2.05) is 0 Å². The van der Waals surface area contributed by atoms with Crippen LogP contribution in [-0.4, -0.2) is 28.0 Å². The Balaban J connectivity index is 2.60. The molecule has 0 aliphatic heterocycles. The van der Waals surface area contributed by atoms with E-state index in [-0.39, 0.29) is 5.75 Å². The van der Waals surface area contributed by atoms with Gasteiger partial charge in [0.2, 0.25) is 0 Å². The van der Waals surface area contributed by atoms with Gasteiger partial charge in [0.15, 0.2) is 6.10 Å². The number of carboxylic acid groups (broad SMARTS) is 1. The van der Waals surface area contributed by atoms with Crippen molar-refractivity contribution >= 4 is 17.7 Å². The summed E-state index contributed by atoms with van der Waals surface area (Å²) in [7, 11) is 0. The Hall–Kier alpha value is -1.21. The SMILES string of the molecule is O=C(O)C(O)CSc1ccc(C(F)(F)F)cc1. The molecule has 0 saturated heterocycles. The van der Waals surface area contributed by atoms with Crippen molar-refractivity contribution in [3.05, 3.63) is 29.8 Å². The minimum Gasteiger partial charge on any atom is -0.479 e. The number of benzene rings is 1. The first-order valence-electron chi connectivity index (χ1n) is 4.51. The zero-order valence-corrected chi connectivity index (χ0v) is 9.26. The Labute approximate surface area is 99.3 Å². The van der Waals surface area contributed by atoms with E-state index in [1.54, 1.807) is 0 Å². The Kier molecular flexibility index (Phi) is 4.41. The number of thioether (sulfide) groups is 1. The normalized spacial score (nSPS) is 13.4. The van der Waals surface area contributed by atoms with Gasteiger partial charge in [-0.15, -0.1) is 11.8 Å². The van der Waals surface area contributed by atoms with Gasteiger partial charge < -0.3 is 10.2 Å². The van der Waals surface area contributed by atoms with E-state index < -0.39 is 23.8 Å². The molecule has 1 aromatic rings. The van der Waals surface area contributed by atoms with Crippen LogP contribution in [0.4, 0.5) is 13.2 Å². The first kappa shape index (κ1) is 13.9. The summed E-state index contributed by atoms with van der Waals surface area (Å²) >= 11 is 0.978. The molecule has 0 saturated carbocycles. The molecular weight excluding hydrogens is 257 g/mol. The molecule has 1 unspecified atom stereocenters.